The smallest absolute Gasteiger partial charge is 0.254 e. The summed E-state index contributed by atoms with van der Waals surface area (Å²) in [6, 6.07) is 5.72. The number of benzene rings is 1. The molecule has 2 aliphatic rings. The van der Waals surface area contributed by atoms with Crippen molar-refractivity contribution in [2.75, 3.05) is 45.6 Å². The summed E-state index contributed by atoms with van der Waals surface area (Å²) in [4.78, 5) is 14.8. The molecule has 0 saturated carbocycles. The van der Waals surface area contributed by atoms with Gasteiger partial charge in [-0.1, -0.05) is 0 Å². The Morgan fingerprint density at radius 1 is 1.07 bits per heavy atom. The van der Waals surface area contributed by atoms with Gasteiger partial charge in [0.2, 0.25) is 20.0 Å². The number of ether oxygens (including phenoxy) is 1. The van der Waals surface area contributed by atoms with Gasteiger partial charge in [-0.05, 0) is 43.5 Å². The van der Waals surface area contributed by atoms with E-state index in [1.165, 1.54) is 28.6 Å². The van der Waals surface area contributed by atoms with Gasteiger partial charge in [0.1, 0.15) is 0 Å². The monoisotopic (exact) mass is 445 g/mol. The van der Waals surface area contributed by atoms with Crippen molar-refractivity contribution in [1.82, 2.24) is 13.9 Å². The van der Waals surface area contributed by atoms with Gasteiger partial charge in [0.05, 0.1) is 24.4 Å². The van der Waals surface area contributed by atoms with E-state index < -0.39 is 20.0 Å². The van der Waals surface area contributed by atoms with E-state index in [9.17, 15) is 21.6 Å². The van der Waals surface area contributed by atoms with Gasteiger partial charge >= 0.3 is 0 Å². The number of nitrogens with one attached hydrogen (secondary N) is 1. The van der Waals surface area contributed by atoms with Gasteiger partial charge < -0.3 is 9.64 Å². The van der Waals surface area contributed by atoms with Crippen LogP contribution in [-0.2, 0) is 24.8 Å². The lowest BCUT2D eigenvalue weighted by molar-refractivity contribution is 0.0618. The highest BCUT2D eigenvalue weighted by Crippen LogP contribution is 2.22. The Morgan fingerprint density at radius 2 is 1.72 bits per heavy atom. The van der Waals surface area contributed by atoms with E-state index in [1.807, 2.05) is 0 Å². The van der Waals surface area contributed by atoms with Crippen LogP contribution in [0.5, 0.6) is 0 Å². The van der Waals surface area contributed by atoms with Crippen LogP contribution in [0.2, 0.25) is 0 Å². The summed E-state index contributed by atoms with van der Waals surface area (Å²) >= 11 is 0. The van der Waals surface area contributed by atoms with Crippen LogP contribution in [0.4, 0.5) is 0 Å². The number of amides is 1. The number of piperidine rings is 1. The molecule has 9 nitrogen and oxygen atoms in total. The SMILES string of the molecule is CS(=O)(=O)NCC1CCCCN1C(=O)c1ccc(S(=O)(=O)N2CCOCC2)cc1. The van der Waals surface area contributed by atoms with Crippen molar-refractivity contribution in [1.29, 1.82) is 0 Å². The van der Waals surface area contributed by atoms with Crippen LogP contribution in [0.3, 0.4) is 0 Å². The minimum atomic E-state index is -3.61. The summed E-state index contributed by atoms with van der Waals surface area (Å²) < 4.78 is 57.3. The molecule has 29 heavy (non-hydrogen) atoms. The zero-order chi connectivity index (χ0) is 21.1. The van der Waals surface area contributed by atoms with E-state index in [-0.39, 0.29) is 23.4 Å². The number of carbonyl (C=O) groups excluding carboxylic acids is 1. The van der Waals surface area contributed by atoms with E-state index >= 15 is 0 Å². The van der Waals surface area contributed by atoms with E-state index in [2.05, 4.69) is 4.72 Å². The first kappa shape index (κ1) is 22.2. The maximum atomic E-state index is 13.0. The molecule has 162 valence electrons. The molecule has 1 unspecified atom stereocenters. The number of rotatable bonds is 6. The van der Waals surface area contributed by atoms with Gasteiger partial charge in [-0.25, -0.2) is 21.6 Å². The van der Waals surface area contributed by atoms with Gasteiger partial charge in [0.25, 0.3) is 5.91 Å². The maximum Gasteiger partial charge on any atom is 0.254 e. The first-order valence-electron chi connectivity index (χ1n) is 9.62. The third-order valence-electron chi connectivity index (χ3n) is 5.18. The summed E-state index contributed by atoms with van der Waals surface area (Å²) in [5.41, 5.74) is 0.386. The number of nitrogens with zero attached hydrogens (tertiary/aromatic N) is 2. The van der Waals surface area contributed by atoms with Crippen molar-refractivity contribution >= 4 is 26.0 Å². The third-order valence-corrected chi connectivity index (χ3v) is 7.78. The maximum absolute atomic E-state index is 13.0. The van der Waals surface area contributed by atoms with Gasteiger partial charge in [0.15, 0.2) is 0 Å². The standard InChI is InChI=1S/C18H27N3O6S2/c1-28(23,24)19-14-16-4-2-3-9-21(16)18(22)15-5-7-17(8-6-15)29(25,26)20-10-12-27-13-11-20/h5-8,16,19H,2-4,9-14H2,1H3. The summed E-state index contributed by atoms with van der Waals surface area (Å²) in [5.74, 6) is -0.222. The summed E-state index contributed by atoms with van der Waals surface area (Å²) in [5, 5.41) is 0. The molecule has 1 aromatic rings. The quantitative estimate of drug-likeness (QED) is 0.672. The Kier molecular flexibility index (Phi) is 6.94. The summed E-state index contributed by atoms with van der Waals surface area (Å²) in [6.07, 6.45) is 3.59. The molecular formula is C18H27N3O6S2. The predicted molar refractivity (Wildman–Crippen MR) is 108 cm³/mol. The largest absolute Gasteiger partial charge is 0.379 e. The van der Waals surface area contributed by atoms with Crippen LogP contribution in [0, 0.1) is 0 Å². The fraction of sp³-hybridized carbons (Fsp3) is 0.611. The number of likely N-dealkylation sites (tertiary alicyclic amines) is 1. The normalized spacial score (nSPS) is 21.8. The van der Waals surface area contributed by atoms with Crippen molar-refractivity contribution < 1.29 is 26.4 Å². The van der Waals surface area contributed by atoms with Crippen LogP contribution in [-0.4, -0.2) is 83.6 Å². The second kappa shape index (κ2) is 9.09. The Labute approximate surface area is 172 Å². The van der Waals surface area contributed by atoms with Crippen molar-refractivity contribution in [3.8, 4) is 0 Å². The Bertz CT molecular complexity index is 925. The van der Waals surface area contributed by atoms with Gasteiger partial charge in [0, 0.05) is 37.8 Å². The average molecular weight is 446 g/mol. The molecule has 1 atom stereocenters. The molecule has 0 radical (unpaired) electrons. The molecular weight excluding hydrogens is 418 g/mol. The first-order valence-corrected chi connectivity index (χ1v) is 13.0. The van der Waals surface area contributed by atoms with E-state index in [0.29, 0.717) is 38.4 Å². The van der Waals surface area contributed by atoms with Crippen LogP contribution >= 0.6 is 0 Å². The van der Waals surface area contributed by atoms with Crippen molar-refractivity contribution in [3.05, 3.63) is 29.8 Å². The topological polar surface area (TPSA) is 113 Å². The van der Waals surface area contributed by atoms with Crippen molar-refractivity contribution in [2.24, 2.45) is 0 Å². The Hall–Kier alpha value is -1.53. The summed E-state index contributed by atoms with van der Waals surface area (Å²) in [7, 11) is -6.95. The molecule has 1 N–H and O–H groups in total. The second-order valence-electron chi connectivity index (χ2n) is 7.31. The highest BCUT2D eigenvalue weighted by molar-refractivity contribution is 7.89. The molecule has 0 aliphatic carbocycles. The molecule has 0 bridgehead atoms. The average Bonchev–Trinajstić information content (AvgIpc) is 2.72. The lowest BCUT2D eigenvalue weighted by Gasteiger charge is -2.36. The lowest BCUT2D eigenvalue weighted by Crippen LogP contribution is -2.49. The molecule has 2 aliphatic heterocycles. The van der Waals surface area contributed by atoms with Gasteiger partial charge in [-0.2, -0.15) is 4.31 Å². The summed E-state index contributed by atoms with van der Waals surface area (Å²) in [6.45, 7) is 2.08. The second-order valence-corrected chi connectivity index (χ2v) is 11.1. The van der Waals surface area contributed by atoms with Crippen LogP contribution in [0.25, 0.3) is 0 Å². The zero-order valence-corrected chi connectivity index (χ0v) is 18.0. The highest BCUT2D eigenvalue weighted by Gasteiger charge is 2.29. The molecule has 11 heteroatoms. The number of morpholine rings is 1. The minimum Gasteiger partial charge on any atom is -0.379 e. The molecule has 1 aromatic carbocycles. The molecule has 3 rings (SSSR count). The third kappa shape index (κ3) is 5.54. The first-order chi connectivity index (χ1) is 13.7. The molecule has 0 spiro atoms. The van der Waals surface area contributed by atoms with Crippen LogP contribution < -0.4 is 4.72 Å². The van der Waals surface area contributed by atoms with E-state index in [1.54, 1.807) is 4.90 Å². The zero-order valence-electron chi connectivity index (χ0n) is 16.4. The van der Waals surface area contributed by atoms with E-state index in [4.69, 9.17) is 4.74 Å². The fourth-order valence-electron chi connectivity index (χ4n) is 3.60. The molecule has 2 fully saturated rings. The van der Waals surface area contributed by atoms with E-state index in [0.717, 1.165) is 25.5 Å². The van der Waals surface area contributed by atoms with Gasteiger partial charge in [-0.15, -0.1) is 0 Å². The minimum absolute atomic E-state index is 0.143. The molecule has 1 amide bonds. The van der Waals surface area contributed by atoms with Crippen LogP contribution in [0.1, 0.15) is 29.6 Å². The molecule has 0 aromatic heterocycles. The van der Waals surface area contributed by atoms with Crippen LogP contribution in [0.15, 0.2) is 29.2 Å². The predicted octanol–water partition coefficient (Wildman–Crippen LogP) is 0.251. The highest BCUT2D eigenvalue weighted by atomic mass is 32.2. The molecule has 2 saturated heterocycles. The van der Waals surface area contributed by atoms with Crippen molar-refractivity contribution in [3.63, 3.8) is 0 Å². The van der Waals surface area contributed by atoms with Gasteiger partial charge in [-0.3, -0.25) is 4.79 Å². The fourth-order valence-corrected chi connectivity index (χ4v) is 5.50. The number of sulfonamides is 2. The number of hydrogen-bond acceptors (Lipinski definition) is 6. The lowest BCUT2D eigenvalue weighted by atomic mass is 10.0. The number of carbonyl (C=O) groups is 1. The Balaban J connectivity index is 1.73. The van der Waals surface area contributed by atoms with Crippen molar-refractivity contribution in [2.45, 2.75) is 30.2 Å². The Morgan fingerprint density at radius 3 is 2.34 bits per heavy atom. The number of hydrogen-bond donors (Lipinski definition) is 1. The molecule has 2 heterocycles.